The van der Waals surface area contributed by atoms with E-state index in [2.05, 4.69) is 41.5 Å². The summed E-state index contributed by atoms with van der Waals surface area (Å²) in [6, 6.07) is 0. The van der Waals surface area contributed by atoms with E-state index in [0.717, 1.165) is 39.5 Å². The summed E-state index contributed by atoms with van der Waals surface area (Å²) in [6.07, 6.45) is 4.21. The molecule has 2 aliphatic carbocycles. The molecule has 0 heterocycles. The Hall–Kier alpha value is 0. The molecule has 0 aromatic rings. The summed E-state index contributed by atoms with van der Waals surface area (Å²) in [5, 5.41) is 0. The van der Waals surface area contributed by atoms with Crippen molar-refractivity contribution in [3.63, 3.8) is 0 Å². The van der Waals surface area contributed by atoms with Gasteiger partial charge in [0.05, 0.1) is 0 Å². The highest BCUT2D eigenvalue weighted by Crippen LogP contribution is 2.41. The van der Waals surface area contributed by atoms with E-state index in [1.165, 1.54) is 52.9 Å². The molecule has 0 bridgehead atoms. The monoisotopic (exact) mass is 771 g/mol. The number of rotatable bonds is 3. The summed E-state index contributed by atoms with van der Waals surface area (Å²) in [6.45, 7) is 37.3. The molecule has 0 aliphatic heterocycles. The van der Waals surface area contributed by atoms with Crippen molar-refractivity contribution in [2.45, 2.75) is 277 Å². The summed E-state index contributed by atoms with van der Waals surface area (Å²) in [4.78, 5) is 0. The molecule has 0 heteroatoms. The topological polar surface area (TPSA) is 0 Å². The van der Waals surface area contributed by atoms with Gasteiger partial charge in [-0.1, -0.05) is 238 Å². The molecular weight excluding hydrogens is 637 g/mol. The van der Waals surface area contributed by atoms with Gasteiger partial charge in [0, 0.05) is 27.4 Å². The maximum absolute atomic E-state index is 8.27. The third-order valence-electron chi connectivity index (χ3n) is 8.76. The zero-order valence-corrected chi connectivity index (χ0v) is 40.9. The minimum absolute atomic E-state index is 0.0903. The zero-order chi connectivity index (χ0) is 60.9. The van der Waals surface area contributed by atoms with Crippen molar-refractivity contribution in [3.8, 4) is 0 Å². The van der Waals surface area contributed by atoms with Gasteiger partial charge in [0.2, 0.25) is 0 Å². The largest absolute Gasteiger partial charge is 0.0651 e. The lowest BCUT2D eigenvalue weighted by atomic mass is 9.68. The van der Waals surface area contributed by atoms with Crippen molar-refractivity contribution >= 4 is 0 Å². The summed E-state index contributed by atoms with van der Waals surface area (Å²) in [5.74, 6) is -2.27. The average molecular weight is 772 g/mol. The van der Waals surface area contributed by atoms with Crippen LogP contribution in [0, 0.1) is 66.9 Å². The molecule has 0 saturated heterocycles. The Morgan fingerprint density at radius 1 is 0.566 bits per heavy atom. The van der Waals surface area contributed by atoms with Crippen molar-refractivity contribution < 1.29 is 27.4 Å². The fourth-order valence-electron chi connectivity index (χ4n) is 6.02. The lowest BCUT2D eigenvalue weighted by molar-refractivity contribution is 0.126. The predicted octanol–water partition coefficient (Wildman–Crippen LogP) is 19.9. The predicted molar refractivity (Wildman–Crippen MR) is 252 cm³/mol. The lowest BCUT2D eigenvalue weighted by Crippen LogP contribution is -2.28. The van der Waals surface area contributed by atoms with Gasteiger partial charge in [0.25, 0.3) is 0 Å². The highest BCUT2D eigenvalue weighted by atomic mass is 14.4. The van der Waals surface area contributed by atoms with E-state index in [1.807, 2.05) is 76.2 Å². The lowest BCUT2D eigenvalue weighted by Gasteiger charge is -2.37. The van der Waals surface area contributed by atoms with Crippen molar-refractivity contribution in [3.05, 3.63) is 0 Å². The number of hydrogen-bond acceptors (Lipinski definition) is 0. The maximum atomic E-state index is 8.27. The van der Waals surface area contributed by atoms with Crippen molar-refractivity contribution in [1.82, 2.24) is 0 Å². The van der Waals surface area contributed by atoms with Crippen LogP contribution in [0.3, 0.4) is 0 Å². The van der Waals surface area contributed by atoms with Gasteiger partial charge >= 0.3 is 0 Å². The van der Waals surface area contributed by atoms with Gasteiger partial charge in [-0.3, -0.25) is 0 Å². The third-order valence-corrected chi connectivity index (χ3v) is 8.76. The summed E-state index contributed by atoms with van der Waals surface area (Å²) in [7, 11) is 0. The second kappa shape index (κ2) is 25.4. The minimum atomic E-state index is -2.92. The molecular formula is C53H114. The van der Waals surface area contributed by atoms with Crippen LogP contribution in [0.25, 0.3) is 0 Å². The first-order chi connectivity index (χ1) is 30.9. The normalized spacial score (nSPS) is 26.5. The molecule has 2 rings (SSSR count). The zero-order valence-electron chi connectivity index (χ0n) is 60.9. The van der Waals surface area contributed by atoms with Crippen LogP contribution in [0.2, 0.25) is 0 Å². The van der Waals surface area contributed by atoms with E-state index in [-0.39, 0.29) is 44.8 Å². The van der Waals surface area contributed by atoms with Crippen LogP contribution in [0.4, 0.5) is 0 Å². The molecule has 0 spiro atoms. The molecule has 0 aromatic heterocycles. The fraction of sp³-hybridized carbons (Fsp3) is 1.00. The van der Waals surface area contributed by atoms with Crippen molar-refractivity contribution in [2.24, 2.45) is 66.9 Å². The molecule has 53 heavy (non-hydrogen) atoms. The first-order valence-electron chi connectivity index (χ1n) is 30.9. The van der Waals surface area contributed by atoms with E-state index in [1.54, 1.807) is 20.8 Å². The van der Waals surface area contributed by atoms with Gasteiger partial charge in [0.1, 0.15) is 0 Å². The Kier molecular flexibility index (Phi) is 14.4. The van der Waals surface area contributed by atoms with Crippen molar-refractivity contribution in [2.75, 3.05) is 0 Å². The summed E-state index contributed by atoms with van der Waals surface area (Å²) < 4.78 is 153. The molecule has 0 amide bonds. The Morgan fingerprint density at radius 2 is 0.906 bits per heavy atom. The molecule has 1 atom stereocenters. The van der Waals surface area contributed by atoms with Gasteiger partial charge < -0.3 is 0 Å². The van der Waals surface area contributed by atoms with E-state index >= 15 is 0 Å². The Balaban J connectivity index is -0.000000395. The molecule has 1 unspecified atom stereocenters. The fourth-order valence-corrected chi connectivity index (χ4v) is 6.02. The van der Waals surface area contributed by atoms with Crippen LogP contribution in [0.1, 0.15) is 304 Å². The second-order valence-electron chi connectivity index (χ2n) is 22.8. The highest BCUT2D eigenvalue weighted by Gasteiger charge is 2.30. The summed E-state index contributed by atoms with van der Waals surface area (Å²) in [5.41, 5.74) is -5.06. The van der Waals surface area contributed by atoms with Crippen LogP contribution in [0.15, 0.2) is 0 Å². The Bertz CT molecular complexity index is 1450. The third kappa shape index (κ3) is 38.6. The summed E-state index contributed by atoms with van der Waals surface area (Å²) >= 11 is 0. The van der Waals surface area contributed by atoms with Crippen LogP contribution in [0.5, 0.6) is 0 Å². The molecule has 0 N–H and O–H groups in total. The Labute approximate surface area is 371 Å². The molecule has 326 valence electrons. The van der Waals surface area contributed by atoms with Crippen LogP contribution in [-0.2, 0) is 0 Å². The minimum Gasteiger partial charge on any atom is -0.0651 e. The number of hydrogen-bond donors (Lipinski definition) is 0. The van der Waals surface area contributed by atoms with Crippen LogP contribution < -0.4 is 0 Å². The molecule has 0 radical (unpaired) electrons. The molecule has 0 nitrogen and oxygen atoms in total. The van der Waals surface area contributed by atoms with Gasteiger partial charge in [-0.25, -0.2) is 0 Å². The van der Waals surface area contributed by atoms with Crippen molar-refractivity contribution in [1.29, 1.82) is 0 Å². The van der Waals surface area contributed by atoms with Crippen LogP contribution in [-0.4, -0.2) is 0 Å². The first kappa shape index (κ1) is 30.1. The Morgan fingerprint density at radius 3 is 0.981 bits per heavy atom. The first-order valence-corrected chi connectivity index (χ1v) is 20.9. The van der Waals surface area contributed by atoms with Crippen LogP contribution >= 0.6 is 0 Å². The van der Waals surface area contributed by atoms with Gasteiger partial charge in [-0.2, -0.15) is 0 Å². The highest BCUT2D eigenvalue weighted by molar-refractivity contribution is 4.81. The van der Waals surface area contributed by atoms with E-state index < -0.39 is 68.2 Å². The molecule has 2 fully saturated rings. The smallest absolute Gasteiger partial charge is 0.0308 e. The standard InChI is InChI=1S/C10H20.C9H18.2C9H20.2C8H18/c1-10(2,3)9-7-5-4-6-8-9;1-9(2,3)8-6-4-5-7-8;1-8(2,3)7-9(4,5)6;1-7-9(5,6)8(2,3)4;1-7(2)6-8(3,4)5;1-6-7(2)8(3,4)5/h9H,4-8H2,1-3H3;8H,4-7H2,1-3H3;2*7H2,1-6H3;2*7H,6H2,1-5H3/i9D;8D;7D2;5D3,6D3,7D2;6D2;2D3,6D2,7D. The van der Waals surface area contributed by atoms with Gasteiger partial charge in [-0.15, -0.1) is 0 Å². The van der Waals surface area contributed by atoms with E-state index in [0.29, 0.717) is 0 Å². The van der Waals surface area contributed by atoms with Gasteiger partial charge in [0.15, 0.2) is 0 Å². The van der Waals surface area contributed by atoms with E-state index in [9.17, 15) is 0 Å². The average Bonchev–Trinajstić information content (AvgIpc) is 3.52. The SMILES string of the molecule is [2H]C([2H])(C(C)(C)C)C(C)(C)C.[2H]C([2H])(C(C)C)C(C)(C)C.[2H]C([2H])([2H])C(C([2H])([2H])[2H])(C([2H])([2H])C)C(C)(C)C.[2H]C([2H])([2H])C([2H])(C([2H])([2H])C)C(C)(C)C.[2H]C1(C(C)(C)C)CCCC1.[2H]C1(C(C)(C)C)CCCCC1. The van der Waals surface area contributed by atoms with Gasteiger partial charge in [-0.05, 0) is 105 Å². The second-order valence-corrected chi connectivity index (χ2v) is 22.8. The quantitative estimate of drug-likeness (QED) is 0.268. The maximum Gasteiger partial charge on any atom is 0.0308 e. The van der Waals surface area contributed by atoms with E-state index in [4.69, 9.17) is 27.4 Å². The molecule has 0 aromatic carbocycles. The molecule has 2 aliphatic rings. The molecule has 2 saturated carbocycles.